The van der Waals surface area contributed by atoms with Gasteiger partial charge in [-0.25, -0.2) is 0 Å². The lowest BCUT2D eigenvalue weighted by molar-refractivity contribution is 1.05. The monoisotopic (exact) mass is 234 g/mol. The van der Waals surface area contributed by atoms with Crippen LogP contribution in [0.3, 0.4) is 0 Å². The van der Waals surface area contributed by atoms with Crippen LogP contribution in [0.5, 0.6) is 0 Å². The topological polar surface area (TPSA) is 56.2 Å². The lowest BCUT2D eigenvalue weighted by Gasteiger charge is -2.05. The van der Waals surface area contributed by atoms with Crippen molar-refractivity contribution < 1.29 is 0 Å². The van der Waals surface area contributed by atoms with Crippen LogP contribution < -0.4 is 5.73 Å². The molecule has 3 aromatic heterocycles. The van der Waals surface area contributed by atoms with E-state index in [2.05, 4.69) is 26.7 Å². The van der Waals surface area contributed by atoms with E-state index in [0.29, 0.717) is 0 Å². The predicted molar refractivity (Wildman–Crippen MR) is 72.4 cm³/mol. The Morgan fingerprint density at radius 2 is 1.89 bits per heavy atom. The van der Waals surface area contributed by atoms with Crippen LogP contribution in [0.1, 0.15) is 0 Å². The average molecular weight is 234 g/mol. The van der Waals surface area contributed by atoms with E-state index in [4.69, 9.17) is 5.73 Å². The second-order valence-corrected chi connectivity index (χ2v) is 4.37. The van der Waals surface area contributed by atoms with Gasteiger partial charge in [-0.1, -0.05) is 12.1 Å². The molecule has 4 rings (SSSR count). The number of benzene rings is 1. The zero-order chi connectivity index (χ0) is 12.1. The first-order valence-electron chi connectivity index (χ1n) is 5.73. The van der Waals surface area contributed by atoms with Gasteiger partial charge in [0.05, 0.1) is 17.9 Å². The van der Waals surface area contributed by atoms with E-state index in [-0.39, 0.29) is 0 Å². The summed E-state index contributed by atoms with van der Waals surface area (Å²) in [6.07, 6.45) is 7.65. The molecule has 0 spiro atoms. The van der Waals surface area contributed by atoms with Gasteiger partial charge < -0.3 is 10.1 Å². The van der Waals surface area contributed by atoms with Gasteiger partial charge in [-0.2, -0.15) is 10.2 Å². The Morgan fingerprint density at radius 1 is 1.00 bits per heavy atom. The van der Waals surface area contributed by atoms with Crippen molar-refractivity contribution in [3.8, 4) is 0 Å². The first-order valence-corrected chi connectivity index (χ1v) is 5.73. The molecular weight excluding hydrogens is 224 g/mol. The number of aromatic nitrogens is 3. The minimum absolute atomic E-state index is 0.787. The van der Waals surface area contributed by atoms with Gasteiger partial charge in [-0.05, 0) is 17.5 Å². The zero-order valence-corrected chi connectivity index (χ0v) is 9.54. The minimum atomic E-state index is 0.787. The molecule has 0 unspecified atom stereocenters. The molecule has 2 N–H and O–H groups in total. The van der Waals surface area contributed by atoms with E-state index in [0.717, 1.165) is 32.7 Å². The summed E-state index contributed by atoms with van der Waals surface area (Å²) in [5.74, 6) is 0. The highest BCUT2D eigenvalue weighted by Gasteiger charge is 2.09. The highest BCUT2D eigenvalue weighted by molar-refractivity contribution is 6.14. The van der Waals surface area contributed by atoms with Gasteiger partial charge in [-0.3, -0.25) is 0 Å². The predicted octanol–water partition coefficient (Wildman–Crippen LogP) is 2.62. The number of anilines is 1. The number of nitrogen functional groups attached to an aromatic ring is 1. The van der Waals surface area contributed by atoms with Crippen LogP contribution in [0.2, 0.25) is 0 Å². The van der Waals surface area contributed by atoms with Crippen molar-refractivity contribution in [1.29, 1.82) is 0 Å². The van der Waals surface area contributed by atoms with Gasteiger partial charge in [0.2, 0.25) is 0 Å². The number of nitrogens with zero attached hydrogens (tertiary/aromatic N) is 3. The average Bonchev–Trinajstić information content (AvgIpc) is 2.77. The summed E-state index contributed by atoms with van der Waals surface area (Å²) in [6.45, 7) is 0. The van der Waals surface area contributed by atoms with Gasteiger partial charge in [0.25, 0.3) is 0 Å². The van der Waals surface area contributed by atoms with Crippen LogP contribution >= 0.6 is 0 Å². The van der Waals surface area contributed by atoms with Crippen molar-refractivity contribution in [2.24, 2.45) is 0 Å². The fourth-order valence-corrected chi connectivity index (χ4v) is 2.53. The van der Waals surface area contributed by atoms with E-state index in [1.54, 1.807) is 12.4 Å². The summed E-state index contributed by atoms with van der Waals surface area (Å²) < 4.78 is 2.08. The molecule has 0 amide bonds. The molecule has 4 nitrogen and oxygen atoms in total. The van der Waals surface area contributed by atoms with E-state index >= 15 is 0 Å². The Kier molecular flexibility index (Phi) is 1.67. The SMILES string of the molecule is Nc1cccc2ccn3cc4cnncc4c3c12. The molecule has 0 saturated heterocycles. The number of rotatable bonds is 0. The number of nitrogens with two attached hydrogens (primary N) is 1. The summed E-state index contributed by atoms with van der Waals surface area (Å²) in [4.78, 5) is 0. The molecule has 0 fully saturated rings. The van der Waals surface area contributed by atoms with Crippen LogP contribution in [-0.4, -0.2) is 14.6 Å². The smallest absolute Gasteiger partial charge is 0.0644 e. The van der Waals surface area contributed by atoms with E-state index in [1.807, 2.05) is 24.5 Å². The van der Waals surface area contributed by atoms with Gasteiger partial charge >= 0.3 is 0 Å². The van der Waals surface area contributed by atoms with Crippen LogP contribution in [0.15, 0.2) is 49.1 Å². The Balaban J connectivity index is 2.40. The molecule has 0 aliphatic rings. The molecule has 1 aromatic carbocycles. The van der Waals surface area contributed by atoms with Crippen LogP contribution in [0.25, 0.3) is 27.1 Å². The fraction of sp³-hybridized carbons (Fsp3) is 0. The number of hydrogen-bond donors (Lipinski definition) is 1. The zero-order valence-electron chi connectivity index (χ0n) is 9.54. The lowest BCUT2D eigenvalue weighted by Crippen LogP contribution is -1.90. The minimum Gasteiger partial charge on any atom is -0.398 e. The number of pyridine rings is 1. The summed E-state index contributed by atoms with van der Waals surface area (Å²) in [5.41, 5.74) is 8.00. The molecule has 0 atom stereocenters. The maximum absolute atomic E-state index is 6.12. The largest absolute Gasteiger partial charge is 0.398 e. The summed E-state index contributed by atoms with van der Waals surface area (Å²) in [7, 11) is 0. The highest BCUT2D eigenvalue weighted by atomic mass is 15.1. The van der Waals surface area contributed by atoms with E-state index in [1.165, 1.54) is 0 Å². The van der Waals surface area contributed by atoms with Crippen molar-refractivity contribution in [3.05, 3.63) is 49.1 Å². The molecule has 86 valence electrons. The Labute approximate surface area is 103 Å². The van der Waals surface area contributed by atoms with Crippen molar-refractivity contribution in [3.63, 3.8) is 0 Å². The van der Waals surface area contributed by atoms with Crippen molar-refractivity contribution in [1.82, 2.24) is 14.6 Å². The third kappa shape index (κ3) is 1.09. The van der Waals surface area contributed by atoms with Crippen molar-refractivity contribution >= 4 is 32.7 Å². The van der Waals surface area contributed by atoms with Gasteiger partial charge in [0.15, 0.2) is 0 Å². The molecular formula is C14H10N4. The molecule has 3 heterocycles. The van der Waals surface area contributed by atoms with E-state index in [9.17, 15) is 0 Å². The summed E-state index contributed by atoms with van der Waals surface area (Å²) >= 11 is 0. The first-order chi connectivity index (χ1) is 8.84. The molecule has 0 saturated carbocycles. The molecule has 18 heavy (non-hydrogen) atoms. The maximum atomic E-state index is 6.12. The standard InChI is InChI=1S/C14H10N4/c15-12-3-1-2-9-4-5-18-8-10-6-16-17-7-11(10)14(18)13(9)12/h1-8H,15H2. The molecule has 0 aliphatic carbocycles. The number of hydrogen-bond acceptors (Lipinski definition) is 3. The van der Waals surface area contributed by atoms with Gasteiger partial charge in [-0.15, -0.1) is 0 Å². The highest BCUT2D eigenvalue weighted by Crippen LogP contribution is 2.31. The Hall–Kier alpha value is -2.62. The van der Waals surface area contributed by atoms with Gasteiger partial charge in [0, 0.05) is 34.2 Å². The molecule has 4 heteroatoms. The summed E-state index contributed by atoms with van der Waals surface area (Å²) in [5, 5.41) is 12.2. The van der Waals surface area contributed by atoms with Crippen LogP contribution in [0.4, 0.5) is 5.69 Å². The van der Waals surface area contributed by atoms with Crippen molar-refractivity contribution in [2.45, 2.75) is 0 Å². The third-order valence-corrected chi connectivity index (χ3v) is 3.33. The van der Waals surface area contributed by atoms with Crippen molar-refractivity contribution in [2.75, 3.05) is 5.73 Å². The fourth-order valence-electron chi connectivity index (χ4n) is 2.53. The second-order valence-electron chi connectivity index (χ2n) is 4.37. The Bertz CT molecular complexity index is 892. The Morgan fingerprint density at radius 3 is 2.83 bits per heavy atom. The second kappa shape index (κ2) is 3.20. The number of fused-ring (bicyclic) bond motifs is 5. The van der Waals surface area contributed by atoms with E-state index < -0.39 is 0 Å². The molecule has 0 bridgehead atoms. The summed E-state index contributed by atoms with van der Waals surface area (Å²) in [6, 6.07) is 8.03. The molecule has 4 aromatic rings. The quantitative estimate of drug-likeness (QED) is 0.476. The molecule has 0 radical (unpaired) electrons. The third-order valence-electron chi connectivity index (χ3n) is 3.33. The van der Waals surface area contributed by atoms with Crippen LogP contribution in [0, 0.1) is 0 Å². The normalized spacial score (nSPS) is 11.6. The first kappa shape index (κ1) is 9.41. The van der Waals surface area contributed by atoms with Crippen LogP contribution in [-0.2, 0) is 0 Å². The molecule has 0 aliphatic heterocycles. The lowest BCUT2D eigenvalue weighted by atomic mass is 10.1. The maximum Gasteiger partial charge on any atom is 0.0644 e. The van der Waals surface area contributed by atoms with Gasteiger partial charge in [0.1, 0.15) is 0 Å².